The number of nitro benzene ring substituents is 1. The lowest BCUT2D eigenvalue weighted by Crippen LogP contribution is -1.96. The number of allylic oxidation sites excluding steroid dienone is 1. The Hall–Kier alpha value is -3.17. The molecule has 0 radical (unpaired) electrons. The van der Waals surface area contributed by atoms with Crippen molar-refractivity contribution in [3.05, 3.63) is 74.8 Å². The van der Waals surface area contributed by atoms with Crippen LogP contribution in [0.25, 0.3) is 6.08 Å². The number of rotatable bonds is 6. The highest BCUT2D eigenvalue weighted by Crippen LogP contribution is 2.23. The minimum Gasteiger partial charge on any atom is -0.479 e. The Labute approximate surface area is 142 Å². The highest BCUT2D eigenvalue weighted by molar-refractivity contribution is 6.32. The first-order valence-corrected chi connectivity index (χ1v) is 7.15. The topological polar surface area (TPSA) is 93.2 Å². The van der Waals surface area contributed by atoms with E-state index in [1.807, 2.05) is 6.07 Å². The van der Waals surface area contributed by atoms with E-state index in [1.54, 1.807) is 24.3 Å². The molecule has 0 aromatic heterocycles. The maximum Gasteiger partial charge on any atom is 0.270 e. The summed E-state index contributed by atoms with van der Waals surface area (Å²) in [5, 5.41) is 19.5. The van der Waals surface area contributed by atoms with Crippen LogP contribution in [-0.4, -0.2) is 17.3 Å². The van der Waals surface area contributed by atoms with Crippen LogP contribution in [0.2, 0.25) is 5.02 Å². The molecule has 0 amide bonds. The summed E-state index contributed by atoms with van der Waals surface area (Å²) in [6.07, 6.45) is 2.72. The van der Waals surface area contributed by atoms with Crippen LogP contribution in [0.5, 0.6) is 5.75 Å². The molecule has 0 unspecified atom stereocenters. The molecule has 0 aliphatic rings. The first-order chi connectivity index (χ1) is 11.5. The second kappa shape index (κ2) is 7.90. The summed E-state index contributed by atoms with van der Waals surface area (Å²) in [5.41, 5.74) is 0.691. The monoisotopic (exact) mass is 342 g/mol. The normalized spacial score (nSPS) is 10.3. The Morgan fingerprint density at radius 3 is 2.62 bits per heavy atom. The molecule has 0 aliphatic carbocycles. The van der Waals surface area contributed by atoms with Crippen LogP contribution in [0.15, 0.2) is 48.5 Å². The number of nitro groups is 1. The summed E-state index contributed by atoms with van der Waals surface area (Å²) in [5.74, 6) is 0.197. The Morgan fingerprint density at radius 1 is 1.29 bits per heavy atom. The van der Waals surface area contributed by atoms with Gasteiger partial charge in [-0.1, -0.05) is 11.6 Å². The number of nitrogens with zero attached hydrogens (tertiary/aromatic N) is 2. The van der Waals surface area contributed by atoms with Crippen molar-refractivity contribution in [2.45, 2.75) is 0 Å². The maximum atomic E-state index is 12.1. The molecule has 120 valence electrons. The van der Waals surface area contributed by atoms with E-state index in [0.29, 0.717) is 21.9 Å². The minimum atomic E-state index is -0.532. The number of hydrogen-bond donors (Lipinski definition) is 0. The zero-order chi connectivity index (χ0) is 17.5. The van der Waals surface area contributed by atoms with Crippen LogP contribution in [-0.2, 0) is 0 Å². The van der Waals surface area contributed by atoms with Gasteiger partial charge < -0.3 is 4.74 Å². The van der Waals surface area contributed by atoms with E-state index in [2.05, 4.69) is 0 Å². The van der Waals surface area contributed by atoms with Crippen LogP contribution in [0.1, 0.15) is 15.9 Å². The lowest BCUT2D eigenvalue weighted by atomic mass is 10.1. The second-order valence-corrected chi connectivity index (χ2v) is 5.04. The van der Waals surface area contributed by atoms with Crippen molar-refractivity contribution < 1.29 is 14.5 Å². The van der Waals surface area contributed by atoms with Crippen molar-refractivity contribution >= 4 is 29.1 Å². The number of carbonyl (C=O) groups excluding carboxylic acids is 1. The van der Waals surface area contributed by atoms with Gasteiger partial charge in [-0.2, -0.15) is 5.26 Å². The number of non-ortho nitro benzene ring substituents is 1. The number of hydrogen-bond acceptors (Lipinski definition) is 5. The predicted octanol–water partition coefficient (Wildman–Crippen LogP) is 4.05. The number of ketones is 1. The van der Waals surface area contributed by atoms with E-state index >= 15 is 0 Å². The van der Waals surface area contributed by atoms with Crippen molar-refractivity contribution in [3.8, 4) is 11.8 Å². The molecule has 24 heavy (non-hydrogen) atoms. The van der Waals surface area contributed by atoms with E-state index in [4.69, 9.17) is 21.6 Å². The maximum absolute atomic E-state index is 12.1. The Kier molecular flexibility index (Phi) is 5.66. The standard InChI is InChI=1S/C17H11ClN2O4/c18-16-7-4-14(20(22)23)11-13(16)3-8-17(21)12-1-5-15(6-2-12)24-10-9-19/h1-8,11H,10H2/b8-3+. The third-order valence-corrected chi connectivity index (χ3v) is 3.39. The molecule has 7 heteroatoms. The molecule has 6 nitrogen and oxygen atoms in total. The molecule has 0 spiro atoms. The van der Waals surface area contributed by atoms with Crippen LogP contribution in [0.4, 0.5) is 5.69 Å². The van der Waals surface area contributed by atoms with E-state index in [-0.39, 0.29) is 18.1 Å². The largest absolute Gasteiger partial charge is 0.479 e. The van der Waals surface area contributed by atoms with Gasteiger partial charge in [0.15, 0.2) is 12.4 Å². The van der Waals surface area contributed by atoms with Crippen molar-refractivity contribution in [2.75, 3.05) is 6.61 Å². The Morgan fingerprint density at radius 2 is 2.00 bits per heavy atom. The summed E-state index contributed by atoms with van der Waals surface area (Å²) >= 11 is 5.97. The average molecular weight is 343 g/mol. The van der Waals surface area contributed by atoms with Gasteiger partial charge in [-0.25, -0.2) is 0 Å². The van der Waals surface area contributed by atoms with Gasteiger partial charge in [0.05, 0.1) is 4.92 Å². The van der Waals surface area contributed by atoms with Gasteiger partial charge in [-0.3, -0.25) is 14.9 Å². The van der Waals surface area contributed by atoms with Crippen LogP contribution >= 0.6 is 11.6 Å². The van der Waals surface area contributed by atoms with E-state index in [1.165, 1.54) is 30.4 Å². The van der Waals surface area contributed by atoms with Crippen LogP contribution in [0.3, 0.4) is 0 Å². The smallest absolute Gasteiger partial charge is 0.270 e. The summed E-state index contributed by atoms with van der Waals surface area (Å²) in [6.45, 7) is -0.0710. The lowest BCUT2D eigenvalue weighted by molar-refractivity contribution is -0.384. The van der Waals surface area contributed by atoms with Gasteiger partial charge in [0.1, 0.15) is 11.8 Å². The van der Waals surface area contributed by atoms with Crippen molar-refractivity contribution in [2.24, 2.45) is 0 Å². The highest BCUT2D eigenvalue weighted by atomic mass is 35.5. The Bertz CT molecular complexity index is 839. The fourth-order valence-corrected chi connectivity index (χ4v) is 2.05. The average Bonchev–Trinajstić information content (AvgIpc) is 2.59. The van der Waals surface area contributed by atoms with E-state index < -0.39 is 4.92 Å². The van der Waals surface area contributed by atoms with Gasteiger partial charge in [-0.05, 0) is 48.0 Å². The zero-order valence-corrected chi connectivity index (χ0v) is 13.1. The van der Waals surface area contributed by atoms with Gasteiger partial charge in [0.25, 0.3) is 5.69 Å². The van der Waals surface area contributed by atoms with Crippen molar-refractivity contribution in [3.63, 3.8) is 0 Å². The molecule has 0 atom stereocenters. The molecule has 2 aromatic carbocycles. The van der Waals surface area contributed by atoms with Crippen molar-refractivity contribution in [1.82, 2.24) is 0 Å². The number of halogens is 1. The molecular formula is C17H11ClN2O4. The fourth-order valence-electron chi connectivity index (χ4n) is 1.87. The first-order valence-electron chi connectivity index (χ1n) is 6.77. The molecule has 0 aliphatic heterocycles. The quantitative estimate of drug-likeness (QED) is 0.341. The van der Waals surface area contributed by atoms with Gasteiger partial charge >= 0.3 is 0 Å². The summed E-state index contributed by atoms with van der Waals surface area (Å²) < 4.78 is 5.10. The molecule has 0 saturated heterocycles. The molecule has 0 fully saturated rings. The third-order valence-electron chi connectivity index (χ3n) is 3.05. The van der Waals surface area contributed by atoms with Crippen LogP contribution < -0.4 is 4.74 Å². The number of carbonyl (C=O) groups is 1. The van der Waals surface area contributed by atoms with E-state index in [9.17, 15) is 14.9 Å². The number of ether oxygens (including phenoxy) is 1. The van der Waals surface area contributed by atoms with Gasteiger partial charge in [-0.15, -0.1) is 0 Å². The Balaban J connectivity index is 2.14. The van der Waals surface area contributed by atoms with Gasteiger partial charge in [0, 0.05) is 22.7 Å². The first kappa shape index (κ1) is 17.2. The van der Waals surface area contributed by atoms with E-state index in [0.717, 1.165) is 0 Å². The number of benzene rings is 2. The minimum absolute atomic E-state index is 0.0710. The SMILES string of the molecule is N#CCOc1ccc(C(=O)/C=C/c2cc([N+](=O)[O-])ccc2Cl)cc1. The number of nitriles is 1. The molecule has 0 saturated carbocycles. The third kappa shape index (κ3) is 4.41. The molecule has 0 bridgehead atoms. The fraction of sp³-hybridized carbons (Fsp3) is 0.0588. The molecular weight excluding hydrogens is 332 g/mol. The summed E-state index contributed by atoms with van der Waals surface area (Å²) in [7, 11) is 0. The second-order valence-electron chi connectivity index (χ2n) is 4.63. The summed E-state index contributed by atoms with van der Waals surface area (Å²) in [4.78, 5) is 22.4. The zero-order valence-electron chi connectivity index (χ0n) is 12.3. The molecule has 2 aromatic rings. The summed E-state index contributed by atoms with van der Waals surface area (Å²) in [6, 6.07) is 12.1. The van der Waals surface area contributed by atoms with Gasteiger partial charge in [0.2, 0.25) is 0 Å². The predicted molar refractivity (Wildman–Crippen MR) is 89.0 cm³/mol. The van der Waals surface area contributed by atoms with Crippen molar-refractivity contribution in [1.29, 1.82) is 5.26 Å². The lowest BCUT2D eigenvalue weighted by Gasteiger charge is -2.02. The molecule has 0 heterocycles. The van der Waals surface area contributed by atoms with Crippen LogP contribution in [0, 0.1) is 21.4 Å². The molecule has 0 N–H and O–H groups in total. The molecule has 2 rings (SSSR count). The highest BCUT2D eigenvalue weighted by Gasteiger charge is 2.08.